The van der Waals surface area contributed by atoms with Gasteiger partial charge in [-0.15, -0.1) is 0 Å². The fourth-order valence-electron chi connectivity index (χ4n) is 1.71. The van der Waals surface area contributed by atoms with E-state index in [1.54, 1.807) is 6.92 Å². The third-order valence-electron chi connectivity index (χ3n) is 3.03. The lowest BCUT2D eigenvalue weighted by atomic mass is 10.1. The van der Waals surface area contributed by atoms with Crippen molar-refractivity contribution in [2.24, 2.45) is 0 Å². The van der Waals surface area contributed by atoms with Gasteiger partial charge in [-0.2, -0.15) is 0 Å². The zero-order chi connectivity index (χ0) is 16.5. The van der Waals surface area contributed by atoms with Crippen molar-refractivity contribution in [1.29, 1.82) is 0 Å². The Balaban J connectivity index is 2.34. The number of hydrogen-bond acceptors (Lipinski definition) is 3. The van der Waals surface area contributed by atoms with Crippen LogP contribution in [0.25, 0.3) is 0 Å². The fraction of sp³-hybridized carbons (Fsp3) is 0.467. The van der Waals surface area contributed by atoms with Gasteiger partial charge in [0, 0.05) is 12.6 Å². The van der Waals surface area contributed by atoms with Crippen molar-refractivity contribution < 1.29 is 18.4 Å². The summed E-state index contributed by atoms with van der Waals surface area (Å²) in [5.74, 6) is -2.43. The minimum Gasteiger partial charge on any atom is -0.355 e. The summed E-state index contributed by atoms with van der Waals surface area (Å²) in [5, 5.41) is 7.99. The summed E-state index contributed by atoms with van der Waals surface area (Å²) < 4.78 is 26.0. The molecule has 0 aliphatic carbocycles. The summed E-state index contributed by atoms with van der Waals surface area (Å²) >= 11 is 0. The first-order valence-electron chi connectivity index (χ1n) is 7.15. The van der Waals surface area contributed by atoms with Crippen LogP contribution in [0.4, 0.5) is 8.78 Å². The van der Waals surface area contributed by atoms with Gasteiger partial charge < -0.3 is 16.0 Å². The number of nitrogens with one attached hydrogen (secondary N) is 3. The molecule has 22 heavy (non-hydrogen) atoms. The van der Waals surface area contributed by atoms with Gasteiger partial charge in [0.05, 0.1) is 13.1 Å². The molecule has 1 aromatic rings. The number of benzene rings is 1. The van der Waals surface area contributed by atoms with Crippen LogP contribution < -0.4 is 16.0 Å². The van der Waals surface area contributed by atoms with Gasteiger partial charge in [-0.25, -0.2) is 8.78 Å². The van der Waals surface area contributed by atoms with Gasteiger partial charge in [-0.05, 0) is 31.0 Å². The van der Waals surface area contributed by atoms with Gasteiger partial charge in [-0.3, -0.25) is 9.59 Å². The average molecular weight is 313 g/mol. The fourth-order valence-corrected chi connectivity index (χ4v) is 1.71. The Hall–Kier alpha value is -2.02. The van der Waals surface area contributed by atoms with Gasteiger partial charge in [-0.1, -0.05) is 13.0 Å². The van der Waals surface area contributed by atoms with Crippen LogP contribution in [-0.2, 0) is 9.59 Å². The summed E-state index contributed by atoms with van der Waals surface area (Å²) in [4.78, 5) is 22.9. The Morgan fingerprint density at radius 2 is 1.77 bits per heavy atom. The molecule has 0 saturated heterocycles. The molecule has 0 unspecified atom stereocenters. The van der Waals surface area contributed by atoms with E-state index in [1.165, 1.54) is 6.07 Å². The second kappa shape index (κ2) is 9.09. The van der Waals surface area contributed by atoms with E-state index in [1.807, 2.05) is 6.92 Å². The first kappa shape index (κ1) is 18.0. The van der Waals surface area contributed by atoms with Crippen LogP contribution >= 0.6 is 0 Å². The van der Waals surface area contributed by atoms with Gasteiger partial charge in [0.1, 0.15) is 0 Å². The van der Waals surface area contributed by atoms with E-state index < -0.39 is 11.6 Å². The largest absolute Gasteiger partial charge is 0.355 e. The van der Waals surface area contributed by atoms with E-state index >= 15 is 0 Å². The molecule has 0 radical (unpaired) electrons. The molecule has 5 nitrogen and oxygen atoms in total. The monoisotopic (exact) mass is 313 g/mol. The Morgan fingerprint density at radius 1 is 1.09 bits per heavy atom. The van der Waals surface area contributed by atoms with E-state index in [-0.39, 0.29) is 30.9 Å². The molecule has 0 bridgehead atoms. The van der Waals surface area contributed by atoms with Crippen molar-refractivity contribution >= 4 is 11.8 Å². The van der Waals surface area contributed by atoms with E-state index in [9.17, 15) is 18.4 Å². The molecule has 1 aromatic carbocycles. The van der Waals surface area contributed by atoms with Crippen LogP contribution in [0.2, 0.25) is 0 Å². The van der Waals surface area contributed by atoms with Crippen molar-refractivity contribution in [1.82, 2.24) is 16.0 Å². The van der Waals surface area contributed by atoms with Crippen LogP contribution in [0.1, 0.15) is 31.9 Å². The zero-order valence-corrected chi connectivity index (χ0v) is 12.7. The zero-order valence-electron chi connectivity index (χ0n) is 12.7. The van der Waals surface area contributed by atoms with E-state index in [4.69, 9.17) is 0 Å². The number of hydrogen-bond donors (Lipinski definition) is 3. The predicted molar refractivity (Wildman–Crippen MR) is 79.1 cm³/mol. The molecule has 7 heteroatoms. The van der Waals surface area contributed by atoms with E-state index in [0.717, 1.165) is 18.6 Å². The Morgan fingerprint density at radius 3 is 2.41 bits per heavy atom. The molecule has 0 heterocycles. The maximum atomic E-state index is 13.1. The van der Waals surface area contributed by atoms with Gasteiger partial charge >= 0.3 is 0 Å². The molecule has 0 fully saturated rings. The number of halogens is 2. The summed E-state index contributed by atoms with van der Waals surface area (Å²) in [6, 6.07) is 3.26. The highest BCUT2D eigenvalue weighted by Gasteiger charge is 2.11. The van der Waals surface area contributed by atoms with Crippen LogP contribution in [0.3, 0.4) is 0 Å². The van der Waals surface area contributed by atoms with E-state index in [0.29, 0.717) is 12.1 Å². The molecule has 0 spiro atoms. The quantitative estimate of drug-likeness (QED) is 0.677. The maximum Gasteiger partial charge on any atom is 0.239 e. The first-order chi connectivity index (χ1) is 10.4. The lowest BCUT2D eigenvalue weighted by Gasteiger charge is -2.14. The Kier molecular flexibility index (Phi) is 7.45. The molecule has 0 aromatic heterocycles. The highest BCUT2D eigenvalue weighted by atomic mass is 19.2. The third-order valence-corrected chi connectivity index (χ3v) is 3.03. The number of carbonyl (C=O) groups is 2. The van der Waals surface area contributed by atoms with Gasteiger partial charge in [0.15, 0.2) is 11.6 Å². The topological polar surface area (TPSA) is 70.2 Å². The van der Waals surface area contributed by atoms with Crippen LogP contribution in [0, 0.1) is 11.6 Å². The van der Waals surface area contributed by atoms with Crippen LogP contribution in [-0.4, -0.2) is 31.4 Å². The van der Waals surface area contributed by atoms with Crippen LogP contribution in [0.15, 0.2) is 18.2 Å². The molecular formula is C15H21F2N3O2. The molecule has 2 amide bonds. The molecule has 1 atom stereocenters. The molecule has 3 N–H and O–H groups in total. The minimum atomic E-state index is -0.928. The highest BCUT2D eigenvalue weighted by Crippen LogP contribution is 2.15. The molecule has 0 aliphatic heterocycles. The standard InChI is InChI=1S/C15H21F2N3O2/c1-3-6-18-14(21)9-20-15(22)8-19-10(2)11-4-5-12(16)13(17)7-11/h4-5,7,10,19H,3,6,8-9H2,1-2H3,(H,18,21)(H,20,22)/t10-/m0/s1. The lowest BCUT2D eigenvalue weighted by Crippen LogP contribution is -2.41. The maximum absolute atomic E-state index is 13.1. The lowest BCUT2D eigenvalue weighted by molar-refractivity contribution is -0.125. The summed E-state index contributed by atoms with van der Waals surface area (Å²) in [6.07, 6.45) is 0.826. The van der Waals surface area contributed by atoms with Gasteiger partial charge in [0.2, 0.25) is 11.8 Å². The number of rotatable bonds is 8. The Labute approximate surface area is 128 Å². The molecule has 0 saturated carbocycles. The Bertz CT molecular complexity index is 524. The van der Waals surface area contributed by atoms with Crippen molar-refractivity contribution in [2.75, 3.05) is 19.6 Å². The third kappa shape index (κ3) is 6.17. The summed E-state index contributed by atoms with van der Waals surface area (Å²) in [7, 11) is 0. The van der Waals surface area contributed by atoms with Crippen molar-refractivity contribution in [2.45, 2.75) is 26.3 Å². The summed E-state index contributed by atoms with van der Waals surface area (Å²) in [6.45, 7) is 4.12. The predicted octanol–water partition coefficient (Wildman–Crippen LogP) is 1.26. The van der Waals surface area contributed by atoms with Crippen LogP contribution in [0.5, 0.6) is 0 Å². The minimum absolute atomic E-state index is 0.0266. The van der Waals surface area contributed by atoms with Crippen molar-refractivity contribution in [3.05, 3.63) is 35.4 Å². The molecule has 0 aliphatic rings. The molecular weight excluding hydrogens is 292 g/mol. The smallest absolute Gasteiger partial charge is 0.239 e. The normalized spacial score (nSPS) is 11.8. The molecule has 122 valence electrons. The second-order valence-corrected chi connectivity index (χ2v) is 4.90. The molecule has 1 rings (SSSR count). The van der Waals surface area contributed by atoms with Crippen molar-refractivity contribution in [3.8, 4) is 0 Å². The SMILES string of the molecule is CCCNC(=O)CNC(=O)CN[C@@H](C)c1ccc(F)c(F)c1. The van der Waals surface area contributed by atoms with Gasteiger partial charge in [0.25, 0.3) is 0 Å². The van der Waals surface area contributed by atoms with Crippen molar-refractivity contribution in [3.63, 3.8) is 0 Å². The number of carbonyl (C=O) groups excluding carboxylic acids is 2. The summed E-state index contributed by atoms with van der Waals surface area (Å²) in [5.41, 5.74) is 0.535. The number of amides is 2. The highest BCUT2D eigenvalue weighted by molar-refractivity contribution is 5.85. The average Bonchev–Trinajstić information content (AvgIpc) is 2.51. The second-order valence-electron chi connectivity index (χ2n) is 4.90. The van der Waals surface area contributed by atoms with E-state index in [2.05, 4.69) is 16.0 Å². The first-order valence-corrected chi connectivity index (χ1v) is 7.15.